The standard InChI is InChI=1S/C9H14N2/c1-10-7-8-5-3-4-6-9(8)11-2/h3-6,10-11H,7H2,1-2H3. The second-order valence-electron chi connectivity index (χ2n) is 2.44. The van der Waals surface area contributed by atoms with Gasteiger partial charge in [-0.1, -0.05) is 18.2 Å². The molecule has 60 valence electrons. The summed E-state index contributed by atoms with van der Waals surface area (Å²) in [6, 6.07) is 8.27. The highest BCUT2D eigenvalue weighted by Crippen LogP contribution is 2.12. The van der Waals surface area contributed by atoms with Crippen LogP contribution in [0.5, 0.6) is 0 Å². The second-order valence-corrected chi connectivity index (χ2v) is 2.44. The van der Waals surface area contributed by atoms with Crippen molar-refractivity contribution in [2.75, 3.05) is 19.4 Å². The Labute approximate surface area is 67.6 Å². The van der Waals surface area contributed by atoms with E-state index in [1.165, 1.54) is 11.3 Å². The first-order valence-corrected chi connectivity index (χ1v) is 3.78. The molecule has 0 saturated heterocycles. The minimum absolute atomic E-state index is 0.914. The summed E-state index contributed by atoms with van der Waals surface area (Å²) < 4.78 is 0. The molecule has 1 rings (SSSR count). The van der Waals surface area contributed by atoms with Gasteiger partial charge in [-0.3, -0.25) is 0 Å². The van der Waals surface area contributed by atoms with Crippen LogP contribution in [0.15, 0.2) is 24.3 Å². The van der Waals surface area contributed by atoms with Crippen LogP contribution < -0.4 is 10.6 Å². The van der Waals surface area contributed by atoms with Crippen molar-refractivity contribution < 1.29 is 0 Å². The van der Waals surface area contributed by atoms with E-state index in [2.05, 4.69) is 22.8 Å². The maximum atomic E-state index is 3.14. The highest BCUT2D eigenvalue weighted by Gasteiger charge is 1.95. The summed E-state index contributed by atoms with van der Waals surface area (Å²) in [4.78, 5) is 0. The minimum Gasteiger partial charge on any atom is -0.388 e. The first kappa shape index (κ1) is 8.08. The van der Waals surface area contributed by atoms with Crippen LogP contribution >= 0.6 is 0 Å². The number of nitrogens with one attached hydrogen (secondary N) is 2. The molecule has 2 heteroatoms. The van der Waals surface area contributed by atoms with Crippen LogP contribution in [0.2, 0.25) is 0 Å². The van der Waals surface area contributed by atoms with Crippen molar-refractivity contribution in [3.8, 4) is 0 Å². The quantitative estimate of drug-likeness (QED) is 0.681. The third kappa shape index (κ3) is 1.95. The monoisotopic (exact) mass is 150 g/mol. The number of benzene rings is 1. The Bertz CT molecular complexity index is 221. The summed E-state index contributed by atoms with van der Waals surface area (Å²) in [6.07, 6.45) is 0. The van der Waals surface area contributed by atoms with Crippen molar-refractivity contribution in [3.63, 3.8) is 0 Å². The van der Waals surface area contributed by atoms with Gasteiger partial charge in [0.15, 0.2) is 0 Å². The number of rotatable bonds is 3. The van der Waals surface area contributed by atoms with E-state index < -0.39 is 0 Å². The van der Waals surface area contributed by atoms with Crippen LogP contribution in [0, 0.1) is 0 Å². The van der Waals surface area contributed by atoms with Gasteiger partial charge in [0, 0.05) is 19.3 Å². The molecule has 0 saturated carbocycles. The molecule has 0 unspecified atom stereocenters. The Morgan fingerprint density at radius 2 is 1.91 bits per heavy atom. The van der Waals surface area contributed by atoms with E-state index in [4.69, 9.17) is 0 Å². The molecule has 1 aromatic rings. The normalized spacial score (nSPS) is 9.64. The topological polar surface area (TPSA) is 24.1 Å². The van der Waals surface area contributed by atoms with E-state index >= 15 is 0 Å². The van der Waals surface area contributed by atoms with Crippen LogP contribution in [0.3, 0.4) is 0 Å². The number of hydrogen-bond acceptors (Lipinski definition) is 2. The summed E-state index contributed by atoms with van der Waals surface area (Å²) in [7, 11) is 3.89. The molecule has 1 aromatic carbocycles. The summed E-state index contributed by atoms with van der Waals surface area (Å²) in [5.74, 6) is 0. The lowest BCUT2D eigenvalue weighted by atomic mass is 10.2. The third-order valence-corrected chi connectivity index (χ3v) is 1.65. The molecule has 0 atom stereocenters. The van der Waals surface area contributed by atoms with Crippen molar-refractivity contribution in [3.05, 3.63) is 29.8 Å². The third-order valence-electron chi connectivity index (χ3n) is 1.65. The molecule has 0 bridgehead atoms. The van der Waals surface area contributed by atoms with Gasteiger partial charge in [0.1, 0.15) is 0 Å². The van der Waals surface area contributed by atoms with Crippen molar-refractivity contribution in [1.82, 2.24) is 5.32 Å². The van der Waals surface area contributed by atoms with E-state index in [-0.39, 0.29) is 0 Å². The van der Waals surface area contributed by atoms with E-state index in [9.17, 15) is 0 Å². The van der Waals surface area contributed by atoms with Crippen LogP contribution in [0.25, 0.3) is 0 Å². The van der Waals surface area contributed by atoms with E-state index in [1.807, 2.05) is 26.2 Å². The highest BCUT2D eigenvalue weighted by atomic mass is 14.9. The van der Waals surface area contributed by atoms with Gasteiger partial charge in [-0.05, 0) is 18.7 Å². The van der Waals surface area contributed by atoms with Crippen LogP contribution in [0.4, 0.5) is 5.69 Å². The lowest BCUT2D eigenvalue weighted by molar-refractivity contribution is 0.819. The Balaban J connectivity index is 2.83. The SMILES string of the molecule is CNCc1ccccc1NC. The fourth-order valence-corrected chi connectivity index (χ4v) is 1.11. The number of hydrogen-bond donors (Lipinski definition) is 2. The van der Waals surface area contributed by atoms with Crippen LogP contribution in [0.1, 0.15) is 5.56 Å². The zero-order valence-corrected chi connectivity index (χ0v) is 7.02. The Kier molecular flexibility index (Phi) is 2.93. The zero-order chi connectivity index (χ0) is 8.10. The van der Waals surface area contributed by atoms with Gasteiger partial charge in [0.25, 0.3) is 0 Å². The molecule has 0 aliphatic carbocycles. The summed E-state index contributed by atoms with van der Waals surface area (Å²) in [5.41, 5.74) is 2.50. The molecule has 2 nitrogen and oxygen atoms in total. The van der Waals surface area contributed by atoms with Crippen molar-refractivity contribution >= 4 is 5.69 Å². The summed E-state index contributed by atoms with van der Waals surface area (Å²) in [6.45, 7) is 0.914. The van der Waals surface area contributed by atoms with E-state index in [0.717, 1.165) is 6.54 Å². The second kappa shape index (κ2) is 3.98. The van der Waals surface area contributed by atoms with Crippen LogP contribution in [-0.2, 0) is 6.54 Å². The number of para-hydroxylation sites is 1. The van der Waals surface area contributed by atoms with Gasteiger partial charge < -0.3 is 10.6 Å². The molecule has 2 N–H and O–H groups in total. The molecule has 0 aliphatic heterocycles. The lowest BCUT2D eigenvalue weighted by Gasteiger charge is -2.06. The van der Waals surface area contributed by atoms with Crippen molar-refractivity contribution in [2.45, 2.75) is 6.54 Å². The van der Waals surface area contributed by atoms with Crippen molar-refractivity contribution in [1.29, 1.82) is 0 Å². The zero-order valence-electron chi connectivity index (χ0n) is 7.02. The molecule has 11 heavy (non-hydrogen) atoms. The predicted octanol–water partition coefficient (Wildman–Crippen LogP) is 1.45. The average molecular weight is 150 g/mol. The Morgan fingerprint density at radius 3 is 2.55 bits per heavy atom. The maximum absolute atomic E-state index is 3.14. The smallest absolute Gasteiger partial charge is 0.0383 e. The summed E-state index contributed by atoms with van der Waals surface area (Å²) >= 11 is 0. The van der Waals surface area contributed by atoms with E-state index in [1.54, 1.807) is 0 Å². The fourth-order valence-electron chi connectivity index (χ4n) is 1.11. The first-order valence-electron chi connectivity index (χ1n) is 3.78. The maximum Gasteiger partial charge on any atom is 0.0383 e. The van der Waals surface area contributed by atoms with Gasteiger partial charge in [-0.15, -0.1) is 0 Å². The van der Waals surface area contributed by atoms with Crippen molar-refractivity contribution in [2.24, 2.45) is 0 Å². The molecule has 0 amide bonds. The fraction of sp³-hybridized carbons (Fsp3) is 0.333. The van der Waals surface area contributed by atoms with Gasteiger partial charge in [0.2, 0.25) is 0 Å². The lowest BCUT2D eigenvalue weighted by Crippen LogP contribution is -2.07. The first-order chi connectivity index (χ1) is 5.38. The molecular formula is C9H14N2. The average Bonchev–Trinajstić information content (AvgIpc) is 2.06. The molecule has 0 spiro atoms. The molecule has 0 aromatic heterocycles. The predicted molar refractivity (Wildman–Crippen MR) is 48.8 cm³/mol. The van der Waals surface area contributed by atoms with Gasteiger partial charge >= 0.3 is 0 Å². The summed E-state index contributed by atoms with van der Waals surface area (Å²) in [5, 5.41) is 6.26. The molecule has 0 fully saturated rings. The Morgan fingerprint density at radius 1 is 1.18 bits per heavy atom. The highest BCUT2D eigenvalue weighted by molar-refractivity contribution is 5.50. The van der Waals surface area contributed by atoms with Gasteiger partial charge in [-0.25, -0.2) is 0 Å². The van der Waals surface area contributed by atoms with E-state index in [0.29, 0.717) is 0 Å². The molecule has 0 heterocycles. The Hall–Kier alpha value is -1.02. The molecule has 0 radical (unpaired) electrons. The minimum atomic E-state index is 0.914. The largest absolute Gasteiger partial charge is 0.388 e. The van der Waals surface area contributed by atoms with Gasteiger partial charge in [0.05, 0.1) is 0 Å². The number of anilines is 1. The molecule has 0 aliphatic rings. The van der Waals surface area contributed by atoms with Crippen LogP contribution in [-0.4, -0.2) is 14.1 Å². The molecular weight excluding hydrogens is 136 g/mol. The van der Waals surface area contributed by atoms with Gasteiger partial charge in [-0.2, -0.15) is 0 Å².